The van der Waals surface area contributed by atoms with E-state index in [1.54, 1.807) is 6.20 Å². The average Bonchev–Trinajstić information content (AvgIpc) is 3.57. The van der Waals surface area contributed by atoms with Crippen molar-refractivity contribution in [3.05, 3.63) is 42.4 Å². The molecule has 0 spiro atoms. The standard InChI is InChI=1S/C28H38N2O7/c1-3-5-16-35-26(33)22(17-24-29-19-23(36-24)20-12-7-6-8-13-20)37-30-27(34)28(14-9-10-15-28)18-21(11-4-2)25(31)32/h6-8,12-13,19,21-22H,3-5,9-11,14-18H2,1-2H3,(H,30,34)(H,31,32)/t21-,22+/m1/s1. The van der Waals surface area contributed by atoms with Crippen LogP contribution in [-0.4, -0.2) is 40.6 Å². The summed E-state index contributed by atoms with van der Waals surface area (Å²) in [5, 5.41) is 9.66. The summed E-state index contributed by atoms with van der Waals surface area (Å²) in [7, 11) is 0. The number of carbonyl (C=O) groups is 3. The van der Waals surface area contributed by atoms with Gasteiger partial charge in [-0.1, -0.05) is 69.9 Å². The highest BCUT2D eigenvalue weighted by Gasteiger charge is 2.44. The van der Waals surface area contributed by atoms with E-state index in [1.807, 2.05) is 44.2 Å². The lowest BCUT2D eigenvalue weighted by Crippen LogP contribution is -2.45. The van der Waals surface area contributed by atoms with Gasteiger partial charge in [0.05, 0.1) is 30.6 Å². The zero-order valence-corrected chi connectivity index (χ0v) is 21.7. The molecule has 0 saturated heterocycles. The number of ether oxygens (including phenoxy) is 1. The van der Waals surface area contributed by atoms with Gasteiger partial charge in [-0.25, -0.2) is 15.3 Å². The van der Waals surface area contributed by atoms with E-state index >= 15 is 0 Å². The van der Waals surface area contributed by atoms with Crippen molar-refractivity contribution in [2.45, 2.75) is 84.2 Å². The van der Waals surface area contributed by atoms with Crippen LogP contribution < -0.4 is 5.48 Å². The zero-order valence-electron chi connectivity index (χ0n) is 21.7. The van der Waals surface area contributed by atoms with Gasteiger partial charge in [0, 0.05) is 5.56 Å². The third-order valence-corrected chi connectivity index (χ3v) is 6.94. The average molecular weight is 515 g/mol. The fourth-order valence-corrected chi connectivity index (χ4v) is 4.82. The second-order valence-electron chi connectivity index (χ2n) is 9.76. The van der Waals surface area contributed by atoms with E-state index in [1.165, 1.54) is 0 Å². The molecular formula is C28H38N2O7. The number of hydrogen-bond acceptors (Lipinski definition) is 7. The molecule has 1 aromatic heterocycles. The largest absolute Gasteiger partial charge is 0.481 e. The first-order valence-electron chi connectivity index (χ1n) is 13.2. The van der Waals surface area contributed by atoms with Gasteiger partial charge in [0.2, 0.25) is 5.91 Å². The minimum Gasteiger partial charge on any atom is -0.481 e. The fourth-order valence-electron chi connectivity index (χ4n) is 4.82. The van der Waals surface area contributed by atoms with E-state index in [4.69, 9.17) is 14.0 Å². The van der Waals surface area contributed by atoms with Crippen LogP contribution in [0.25, 0.3) is 11.3 Å². The van der Waals surface area contributed by atoms with Crippen LogP contribution in [0, 0.1) is 11.3 Å². The van der Waals surface area contributed by atoms with Gasteiger partial charge in [0.1, 0.15) is 0 Å². The lowest BCUT2D eigenvalue weighted by Gasteiger charge is -2.30. The first-order valence-corrected chi connectivity index (χ1v) is 13.2. The number of oxazole rings is 1. The maximum Gasteiger partial charge on any atom is 0.338 e. The summed E-state index contributed by atoms with van der Waals surface area (Å²) in [5.41, 5.74) is 2.49. The summed E-state index contributed by atoms with van der Waals surface area (Å²) >= 11 is 0. The number of aromatic nitrogens is 1. The first-order chi connectivity index (χ1) is 17.9. The van der Waals surface area contributed by atoms with Crippen molar-refractivity contribution < 1.29 is 33.5 Å². The molecule has 0 unspecified atom stereocenters. The number of nitrogens with zero attached hydrogens (tertiary/aromatic N) is 1. The second-order valence-corrected chi connectivity index (χ2v) is 9.76. The molecule has 1 amide bonds. The van der Waals surface area contributed by atoms with Crippen molar-refractivity contribution >= 4 is 17.8 Å². The first kappa shape index (κ1) is 28.4. The van der Waals surface area contributed by atoms with E-state index in [0.717, 1.165) is 31.2 Å². The van der Waals surface area contributed by atoms with Crippen LogP contribution in [0.3, 0.4) is 0 Å². The molecular weight excluding hydrogens is 476 g/mol. The van der Waals surface area contributed by atoms with Crippen molar-refractivity contribution in [3.63, 3.8) is 0 Å². The number of carboxylic acids is 1. The molecule has 0 bridgehead atoms. The monoisotopic (exact) mass is 514 g/mol. The molecule has 37 heavy (non-hydrogen) atoms. The third-order valence-electron chi connectivity index (χ3n) is 6.94. The number of esters is 1. The number of carbonyl (C=O) groups excluding carboxylic acids is 2. The summed E-state index contributed by atoms with van der Waals surface area (Å²) in [6.07, 6.45) is 6.28. The molecule has 0 aliphatic heterocycles. The molecule has 9 heteroatoms. The van der Waals surface area contributed by atoms with Crippen molar-refractivity contribution in [2.75, 3.05) is 6.61 Å². The van der Waals surface area contributed by atoms with Crippen molar-refractivity contribution in [1.29, 1.82) is 0 Å². The molecule has 202 valence electrons. The number of benzene rings is 1. The highest BCUT2D eigenvalue weighted by atomic mass is 16.7. The Hall–Kier alpha value is -3.20. The molecule has 1 aliphatic carbocycles. The van der Waals surface area contributed by atoms with E-state index in [9.17, 15) is 19.5 Å². The van der Waals surface area contributed by atoms with Gasteiger partial charge in [-0.2, -0.15) is 0 Å². The molecule has 2 aromatic rings. The Morgan fingerprint density at radius 2 is 1.86 bits per heavy atom. The zero-order chi connectivity index (χ0) is 26.7. The van der Waals surface area contributed by atoms with Crippen LogP contribution >= 0.6 is 0 Å². The van der Waals surface area contributed by atoms with Crippen LogP contribution in [0.15, 0.2) is 40.9 Å². The molecule has 0 radical (unpaired) electrons. The second kappa shape index (κ2) is 13.9. The number of nitrogens with one attached hydrogen (secondary N) is 1. The van der Waals surface area contributed by atoms with Gasteiger partial charge in [0.15, 0.2) is 17.8 Å². The summed E-state index contributed by atoms with van der Waals surface area (Å²) in [6, 6.07) is 9.46. The third kappa shape index (κ3) is 7.89. The number of carboxylic acid groups (broad SMARTS) is 1. The summed E-state index contributed by atoms with van der Waals surface area (Å²) < 4.78 is 11.2. The number of hydroxylamine groups is 1. The van der Waals surface area contributed by atoms with Crippen LogP contribution in [0.4, 0.5) is 0 Å². The number of rotatable bonds is 15. The summed E-state index contributed by atoms with van der Waals surface area (Å²) in [4.78, 5) is 47.9. The topological polar surface area (TPSA) is 128 Å². The maximum atomic E-state index is 13.3. The molecule has 1 aliphatic rings. The van der Waals surface area contributed by atoms with Gasteiger partial charge < -0.3 is 14.3 Å². The van der Waals surface area contributed by atoms with Crippen molar-refractivity contribution in [1.82, 2.24) is 10.5 Å². The van der Waals surface area contributed by atoms with Crippen LogP contribution in [-0.2, 0) is 30.4 Å². The predicted molar refractivity (Wildman–Crippen MR) is 136 cm³/mol. The van der Waals surface area contributed by atoms with E-state index in [2.05, 4.69) is 10.5 Å². The minimum absolute atomic E-state index is 0.0291. The summed E-state index contributed by atoms with van der Waals surface area (Å²) in [5.74, 6) is -1.68. The van der Waals surface area contributed by atoms with Gasteiger partial charge in [-0.05, 0) is 32.1 Å². The quantitative estimate of drug-likeness (QED) is 0.191. The van der Waals surface area contributed by atoms with Crippen molar-refractivity contribution in [3.8, 4) is 11.3 Å². The Balaban J connectivity index is 1.71. The molecule has 1 fully saturated rings. The van der Waals surface area contributed by atoms with Gasteiger partial charge >= 0.3 is 11.9 Å². The van der Waals surface area contributed by atoms with Crippen molar-refractivity contribution in [2.24, 2.45) is 11.3 Å². The molecule has 2 atom stereocenters. The Bertz CT molecular complexity index is 1010. The number of aliphatic carboxylic acids is 1. The Morgan fingerprint density at radius 1 is 1.14 bits per heavy atom. The predicted octanol–water partition coefficient (Wildman–Crippen LogP) is 5.10. The number of unbranched alkanes of at least 4 members (excludes halogenated alkanes) is 1. The highest BCUT2D eigenvalue weighted by molar-refractivity contribution is 5.83. The van der Waals surface area contributed by atoms with Gasteiger partial charge in [0.25, 0.3) is 0 Å². The molecule has 1 heterocycles. The van der Waals surface area contributed by atoms with Gasteiger partial charge in [-0.15, -0.1) is 0 Å². The maximum absolute atomic E-state index is 13.3. The summed E-state index contributed by atoms with van der Waals surface area (Å²) in [6.45, 7) is 4.16. The molecule has 2 N–H and O–H groups in total. The van der Waals surface area contributed by atoms with E-state index in [-0.39, 0.29) is 25.3 Å². The van der Waals surface area contributed by atoms with Gasteiger partial charge in [-0.3, -0.25) is 14.4 Å². The molecule has 1 saturated carbocycles. The smallest absolute Gasteiger partial charge is 0.338 e. The fraction of sp³-hybridized carbons (Fsp3) is 0.571. The van der Waals surface area contributed by atoms with Crippen LogP contribution in [0.2, 0.25) is 0 Å². The lowest BCUT2D eigenvalue weighted by molar-refractivity contribution is -0.169. The Morgan fingerprint density at radius 3 is 2.51 bits per heavy atom. The Kier molecular flexibility index (Phi) is 10.7. The number of amides is 1. The highest BCUT2D eigenvalue weighted by Crippen LogP contribution is 2.44. The van der Waals surface area contributed by atoms with Crippen LogP contribution in [0.5, 0.6) is 0 Å². The molecule has 1 aromatic carbocycles. The van der Waals surface area contributed by atoms with E-state index < -0.39 is 35.3 Å². The van der Waals surface area contributed by atoms with E-state index in [0.29, 0.717) is 31.4 Å². The van der Waals surface area contributed by atoms with Crippen LogP contribution in [0.1, 0.15) is 77.5 Å². The SMILES string of the molecule is CCCCOC(=O)[C@H](Cc1ncc(-c2ccccc2)o1)ONC(=O)C1(C[C@@H](CCC)C(=O)O)CCCC1. The molecule has 3 rings (SSSR count). The normalized spacial score (nSPS) is 16.2. The minimum atomic E-state index is -1.16. The molecule has 9 nitrogen and oxygen atoms in total. The Labute approximate surface area is 217 Å². The number of hydrogen-bond donors (Lipinski definition) is 2. The lowest BCUT2D eigenvalue weighted by atomic mass is 9.76.